The topological polar surface area (TPSA) is 54.5 Å². The van der Waals surface area contributed by atoms with Gasteiger partial charge in [0.15, 0.2) is 0 Å². The highest BCUT2D eigenvalue weighted by Crippen LogP contribution is 2.32. The van der Waals surface area contributed by atoms with Crippen molar-refractivity contribution in [2.45, 2.75) is 25.7 Å². The molecule has 0 bridgehead atoms. The lowest BCUT2D eigenvalue weighted by Crippen LogP contribution is -2.34. The molecular formula is C13H16BrCl2NO3S. The largest absolute Gasteiger partial charge is 0.339 e. The third-order valence-electron chi connectivity index (χ3n) is 2.75. The number of hydrogen-bond acceptors (Lipinski definition) is 3. The van der Waals surface area contributed by atoms with Crippen molar-refractivity contribution in [3.63, 3.8) is 0 Å². The molecule has 0 aliphatic rings. The van der Waals surface area contributed by atoms with E-state index in [4.69, 9.17) is 22.3 Å². The normalized spacial score (nSPS) is 11.8. The third kappa shape index (κ3) is 4.84. The van der Waals surface area contributed by atoms with E-state index in [1.165, 1.54) is 12.1 Å². The maximum absolute atomic E-state index is 12.5. The van der Waals surface area contributed by atoms with Crippen LogP contribution in [0, 0.1) is 5.92 Å². The second kappa shape index (κ2) is 7.31. The summed E-state index contributed by atoms with van der Waals surface area (Å²) >= 11 is 9.24. The van der Waals surface area contributed by atoms with E-state index in [1.54, 1.807) is 4.90 Å². The van der Waals surface area contributed by atoms with Gasteiger partial charge in [-0.15, -0.1) is 0 Å². The van der Waals surface area contributed by atoms with Crippen LogP contribution in [0.2, 0.25) is 5.02 Å². The summed E-state index contributed by atoms with van der Waals surface area (Å²) in [5, 5.41) is -0.152. The minimum Gasteiger partial charge on any atom is -0.339 e. The van der Waals surface area contributed by atoms with Crippen LogP contribution in [0.3, 0.4) is 0 Å². The Morgan fingerprint density at radius 3 is 2.38 bits per heavy atom. The van der Waals surface area contributed by atoms with E-state index < -0.39 is 9.05 Å². The highest BCUT2D eigenvalue weighted by molar-refractivity contribution is 9.10. The lowest BCUT2D eigenvalue weighted by Gasteiger charge is -2.23. The zero-order chi connectivity index (χ0) is 16.4. The van der Waals surface area contributed by atoms with E-state index in [1.807, 2.05) is 20.8 Å². The number of nitrogens with zero attached hydrogens (tertiary/aromatic N) is 1. The first kappa shape index (κ1) is 18.7. The van der Waals surface area contributed by atoms with Gasteiger partial charge in [0.25, 0.3) is 15.0 Å². The number of halogens is 3. The Balaban J connectivity index is 3.36. The fourth-order valence-electron chi connectivity index (χ4n) is 1.86. The van der Waals surface area contributed by atoms with Gasteiger partial charge in [-0.05, 0) is 25.0 Å². The van der Waals surface area contributed by atoms with Crippen LogP contribution in [0.25, 0.3) is 0 Å². The second-order valence-corrected chi connectivity index (χ2v) is 8.77. The van der Waals surface area contributed by atoms with Crippen molar-refractivity contribution < 1.29 is 13.2 Å². The summed E-state index contributed by atoms with van der Waals surface area (Å²) < 4.78 is 23.5. The van der Waals surface area contributed by atoms with Gasteiger partial charge < -0.3 is 4.90 Å². The minimum atomic E-state index is -4.03. The Bertz CT molecular complexity index is 647. The molecule has 0 fully saturated rings. The van der Waals surface area contributed by atoms with Gasteiger partial charge >= 0.3 is 0 Å². The number of benzene rings is 1. The standard InChI is InChI=1S/C13H16BrCl2NO3S/c1-4-17(7-8(2)3)13(18)10-5-9(14)6-11(12(10)15)21(16,19)20/h5-6,8H,4,7H2,1-3H3. The number of amides is 1. The second-order valence-electron chi connectivity index (χ2n) is 4.94. The van der Waals surface area contributed by atoms with Gasteiger partial charge in [-0.3, -0.25) is 4.79 Å². The summed E-state index contributed by atoms with van der Waals surface area (Å²) in [5.74, 6) is -0.0323. The van der Waals surface area contributed by atoms with Gasteiger partial charge in [0.1, 0.15) is 4.90 Å². The van der Waals surface area contributed by atoms with Crippen molar-refractivity contribution in [3.8, 4) is 0 Å². The van der Waals surface area contributed by atoms with E-state index in [0.29, 0.717) is 17.6 Å². The molecule has 0 aromatic heterocycles. The highest BCUT2D eigenvalue weighted by atomic mass is 79.9. The monoisotopic (exact) mass is 415 g/mol. The predicted molar refractivity (Wildman–Crippen MR) is 88.6 cm³/mol. The zero-order valence-electron chi connectivity index (χ0n) is 11.9. The number of carbonyl (C=O) groups excluding carboxylic acids is 1. The van der Waals surface area contributed by atoms with Crippen molar-refractivity contribution >= 4 is 53.2 Å². The fraction of sp³-hybridized carbons (Fsp3) is 0.462. The molecule has 0 radical (unpaired) electrons. The lowest BCUT2D eigenvalue weighted by molar-refractivity contribution is 0.0745. The van der Waals surface area contributed by atoms with Crippen LogP contribution in [0.5, 0.6) is 0 Å². The van der Waals surface area contributed by atoms with Crippen LogP contribution in [0.1, 0.15) is 31.1 Å². The van der Waals surface area contributed by atoms with Crippen LogP contribution in [-0.4, -0.2) is 32.3 Å². The molecule has 1 aromatic carbocycles. The molecule has 4 nitrogen and oxygen atoms in total. The molecule has 118 valence electrons. The smallest absolute Gasteiger partial charge is 0.262 e. The molecule has 1 rings (SSSR count). The molecular weight excluding hydrogens is 401 g/mol. The van der Waals surface area contributed by atoms with E-state index >= 15 is 0 Å². The Morgan fingerprint density at radius 2 is 1.95 bits per heavy atom. The van der Waals surface area contributed by atoms with Crippen molar-refractivity contribution in [1.82, 2.24) is 4.90 Å². The Labute approximate surface area is 143 Å². The SMILES string of the molecule is CCN(CC(C)C)C(=O)c1cc(Br)cc(S(=O)(=O)Cl)c1Cl. The number of carbonyl (C=O) groups is 1. The van der Waals surface area contributed by atoms with Crippen molar-refractivity contribution in [2.24, 2.45) is 5.92 Å². The van der Waals surface area contributed by atoms with Crippen LogP contribution >= 0.6 is 38.2 Å². The van der Waals surface area contributed by atoms with Crippen molar-refractivity contribution in [1.29, 1.82) is 0 Å². The zero-order valence-corrected chi connectivity index (χ0v) is 15.8. The van der Waals surface area contributed by atoms with Gasteiger partial charge in [0.2, 0.25) is 0 Å². The Hall–Kier alpha value is -0.300. The molecule has 0 saturated heterocycles. The third-order valence-corrected chi connectivity index (χ3v) is 5.07. The summed E-state index contributed by atoms with van der Waals surface area (Å²) in [7, 11) is 1.32. The number of rotatable bonds is 5. The molecule has 1 amide bonds. The number of hydrogen-bond donors (Lipinski definition) is 0. The first-order valence-corrected chi connectivity index (χ1v) is 9.78. The van der Waals surface area contributed by atoms with E-state index in [0.717, 1.165) is 0 Å². The molecule has 0 aliphatic carbocycles. The molecule has 0 unspecified atom stereocenters. The van der Waals surface area contributed by atoms with Crippen LogP contribution in [-0.2, 0) is 9.05 Å². The summed E-state index contributed by atoms with van der Waals surface area (Å²) in [6, 6.07) is 2.78. The summed E-state index contributed by atoms with van der Waals surface area (Å²) in [4.78, 5) is 13.9. The van der Waals surface area contributed by atoms with Gasteiger partial charge in [-0.1, -0.05) is 41.4 Å². The van der Waals surface area contributed by atoms with Crippen LogP contribution in [0.4, 0.5) is 0 Å². The van der Waals surface area contributed by atoms with E-state index in [2.05, 4.69) is 15.9 Å². The van der Waals surface area contributed by atoms with Gasteiger partial charge in [-0.25, -0.2) is 8.42 Å². The molecule has 0 saturated carbocycles. The fourth-order valence-corrected chi connectivity index (χ4v) is 4.04. The quantitative estimate of drug-likeness (QED) is 0.677. The lowest BCUT2D eigenvalue weighted by atomic mass is 10.1. The van der Waals surface area contributed by atoms with E-state index in [9.17, 15) is 13.2 Å². The molecule has 0 heterocycles. The van der Waals surface area contributed by atoms with Crippen LogP contribution in [0.15, 0.2) is 21.5 Å². The van der Waals surface area contributed by atoms with Crippen molar-refractivity contribution in [2.75, 3.05) is 13.1 Å². The molecule has 0 atom stereocenters. The molecule has 8 heteroatoms. The molecule has 21 heavy (non-hydrogen) atoms. The van der Waals surface area contributed by atoms with Gasteiger partial charge in [0.05, 0.1) is 10.6 Å². The Morgan fingerprint density at radius 1 is 1.38 bits per heavy atom. The predicted octanol–water partition coefficient (Wildman–Crippen LogP) is 4.15. The molecule has 0 spiro atoms. The summed E-state index contributed by atoms with van der Waals surface area (Å²) in [5.41, 5.74) is 0.118. The first-order valence-electron chi connectivity index (χ1n) is 6.30. The maximum atomic E-state index is 12.5. The average molecular weight is 417 g/mol. The maximum Gasteiger partial charge on any atom is 0.262 e. The molecule has 0 aliphatic heterocycles. The summed E-state index contributed by atoms with van der Waals surface area (Å²) in [6.07, 6.45) is 0. The van der Waals surface area contributed by atoms with Crippen molar-refractivity contribution in [3.05, 3.63) is 27.2 Å². The van der Waals surface area contributed by atoms with Gasteiger partial charge in [-0.2, -0.15) is 0 Å². The highest BCUT2D eigenvalue weighted by Gasteiger charge is 2.24. The van der Waals surface area contributed by atoms with E-state index in [-0.39, 0.29) is 27.3 Å². The molecule has 0 N–H and O–H groups in total. The minimum absolute atomic E-state index is 0.118. The van der Waals surface area contributed by atoms with Gasteiger partial charge in [0, 0.05) is 28.2 Å². The summed E-state index contributed by atoms with van der Waals surface area (Å²) in [6.45, 7) is 6.90. The first-order chi connectivity index (χ1) is 9.57. The Kier molecular flexibility index (Phi) is 6.53. The average Bonchev–Trinajstić information content (AvgIpc) is 2.36. The van der Waals surface area contributed by atoms with Crippen LogP contribution < -0.4 is 0 Å². The molecule has 1 aromatic rings.